The fourth-order valence-corrected chi connectivity index (χ4v) is 2.46. The van der Waals surface area contributed by atoms with Crippen molar-refractivity contribution in [2.45, 2.75) is 71.1 Å². The SMILES string of the molecule is CC1CCC(OCCC(NC(C)C)C(N)=O)CC1. The second kappa shape index (κ2) is 7.74. The molecule has 0 aromatic rings. The molecule has 3 N–H and O–H groups in total. The first kappa shape index (κ1) is 15.4. The summed E-state index contributed by atoms with van der Waals surface area (Å²) in [5, 5.41) is 3.17. The van der Waals surface area contributed by atoms with Crippen molar-refractivity contribution in [1.82, 2.24) is 5.32 Å². The zero-order valence-corrected chi connectivity index (χ0v) is 11.9. The lowest BCUT2D eigenvalue weighted by molar-refractivity contribution is -0.120. The molecule has 0 aliphatic heterocycles. The maximum absolute atomic E-state index is 11.3. The Morgan fingerprint density at radius 1 is 1.33 bits per heavy atom. The van der Waals surface area contributed by atoms with Gasteiger partial charge in [-0.15, -0.1) is 0 Å². The highest BCUT2D eigenvalue weighted by molar-refractivity contribution is 5.79. The van der Waals surface area contributed by atoms with Crippen molar-refractivity contribution in [2.75, 3.05) is 6.61 Å². The molecule has 18 heavy (non-hydrogen) atoms. The smallest absolute Gasteiger partial charge is 0.234 e. The maximum atomic E-state index is 11.3. The third kappa shape index (κ3) is 5.83. The number of carbonyl (C=O) groups is 1. The van der Waals surface area contributed by atoms with Gasteiger partial charge in [0.15, 0.2) is 0 Å². The standard InChI is InChI=1S/C14H28N2O2/c1-10(2)16-13(14(15)17)8-9-18-12-6-4-11(3)5-7-12/h10-13,16H,4-9H2,1-3H3,(H2,15,17). The first-order chi connectivity index (χ1) is 8.49. The van der Waals surface area contributed by atoms with Crippen LogP contribution in [-0.2, 0) is 9.53 Å². The summed E-state index contributed by atoms with van der Waals surface area (Å²) in [4.78, 5) is 11.3. The molecular weight excluding hydrogens is 228 g/mol. The Bertz CT molecular complexity index is 248. The predicted octanol–water partition coefficient (Wildman–Crippen LogP) is 1.82. The monoisotopic (exact) mass is 256 g/mol. The van der Waals surface area contributed by atoms with E-state index < -0.39 is 0 Å². The number of amides is 1. The summed E-state index contributed by atoms with van der Waals surface area (Å²) < 4.78 is 5.85. The highest BCUT2D eigenvalue weighted by Crippen LogP contribution is 2.25. The third-order valence-electron chi connectivity index (χ3n) is 3.60. The van der Waals surface area contributed by atoms with E-state index in [1.54, 1.807) is 0 Å². The summed E-state index contributed by atoms with van der Waals surface area (Å²) in [6.45, 7) is 6.94. The molecule has 1 aliphatic carbocycles. The quantitative estimate of drug-likeness (QED) is 0.730. The second-order valence-electron chi connectivity index (χ2n) is 5.82. The molecule has 1 atom stereocenters. The summed E-state index contributed by atoms with van der Waals surface area (Å²) in [6.07, 6.45) is 5.87. The van der Waals surface area contributed by atoms with Crippen LogP contribution in [0.15, 0.2) is 0 Å². The van der Waals surface area contributed by atoms with E-state index in [2.05, 4.69) is 12.2 Å². The molecule has 0 radical (unpaired) electrons. The Morgan fingerprint density at radius 2 is 1.94 bits per heavy atom. The van der Waals surface area contributed by atoms with Gasteiger partial charge in [-0.2, -0.15) is 0 Å². The normalized spacial score (nSPS) is 26.2. The third-order valence-corrected chi connectivity index (χ3v) is 3.60. The Kier molecular flexibility index (Phi) is 6.65. The number of rotatable bonds is 7. The van der Waals surface area contributed by atoms with Crippen molar-refractivity contribution in [3.8, 4) is 0 Å². The molecule has 0 spiro atoms. The number of carbonyl (C=O) groups excluding carboxylic acids is 1. The van der Waals surface area contributed by atoms with Crippen molar-refractivity contribution in [3.05, 3.63) is 0 Å². The van der Waals surface area contributed by atoms with Crippen LogP contribution in [0.25, 0.3) is 0 Å². The fourth-order valence-electron chi connectivity index (χ4n) is 2.46. The second-order valence-corrected chi connectivity index (χ2v) is 5.82. The number of nitrogens with one attached hydrogen (secondary N) is 1. The largest absolute Gasteiger partial charge is 0.378 e. The summed E-state index contributed by atoms with van der Waals surface area (Å²) in [5.41, 5.74) is 5.37. The molecule has 1 amide bonds. The first-order valence-corrected chi connectivity index (χ1v) is 7.16. The van der Waals surface area contributed by atoms with Gasteiger partial charge < -0.3 is 15.8 Å². The number of nitrogens with two attached hydrogens (primary N) is 1. The maximum Gasteiger partial charge on any atom is 0.234 e. The molecule has 1 saturated carbocycles. The zero-order chi connectivity index (χ0) is 13.5. The van der Waals surface area contributed by atoms with Crippen molar-refractivity contribution in [2.24, 2.45) is 11.7 Å². The van der Waals surface area contributed by atoms with E-state index in [-0.39, 0.29) is 18.0 Å². The van der Waals surface area contributed by atoms with E-state index in [0.717, 1.165) is 18.8 Å². The minimum atomic E-state index is -0.287. The number of hydrogen-bond acceptors (Lipinski definition) is 3. The average Bonchev–Trinajstić information content (AvgIpc) is 2.29. The molecule has 1 rings (SSSR count). The zero-order valence-electron chi connectivity index (χ0n) is 11.9. The fraction of sp³-hybridized carbons (Fsp3) is 0.929. The molecule has 4 nitrogen and oxygen atoms in total. The Balaban J connectivity index is 2.20. The minimum absolute atomic E-state index is 0.262. The van der Waals surface area contributed by atoms with E-state index >= 15 is 0 Å². The Labute approximate surface area is 111 Å². The molecule has 106 valence electrons. The van der Waals surface area contributed by atoms with Crippen molar-refractivity contribution < 1.29 is 9.53 Å². The summed E-state index contributed by atoms with van der Waals surface area (Å²) in [5.74, 6) is 0.551. The minimum Gasteiger partial charge on any atom is -0.378 e. The van der Waals surface area contributed by atoms with E-state index in [9.17, 15) is 4.79 Å². The van der Waals surface area contributed by atoms with Crippen molar-refractivity contribution in [3.63, 3.8) is 0 Å². The number of hydrogen-bond donors (Lipinski definition) is 2. The van der Waals surface area contributed by atoms with E-state index in [0.29, 0.717) is 19.1 Å². The van der Waals surface area contributed by atoms with Crippen molar-refractivity contribution >= 4 is 5.91 Å². The van der Waals surface area contributed by atoms with Crippen LogP contribution in [0.2, 0.25) is 0 Å². The summed E-state index contributed by atoms with van der Waals surface area (Å²) in [6, 6.07) is -0.00876. The average molecular weight is 256 g/mol. The lowest BCUT2D eigenvalue weighted by Crippen LogP contribution is -2.45. The van der Waals surface area contributed by atoms with Gasteiger partial charge in [0.25, 0.3) is 0 Å². The van der Waals surface area contributed by atoms with Crippen LogP contribution >= 0.6 is 0 Å². The molecular formula is C14H28N2O2. The molecule has 0 aromatic heterocycles. The van der Waals surface area contributed by atoms with Gasteiger partial charge in [0.1, 0.15) is 0 Å². The van der Waals surface area contributed by atoms with Crippen LogP contribution in [0.5, 0.6) is 0 Å². The lowest BCUT2D eigenvalue weighted by Gasteiger charge is -2.27. The molecule has 4 heteroatoms. The Morgan fingerprint density at radius 3 is 2.44 bits per heavy atom. The van der Waals surface area contributed by atoms with E-state index in [1.807, 2.05) is 13.8 Å². The summed E-state index contributed by atoms with van der Waals surface area (Å²) >= 11 is 0. The van der Waals surface area contributed by atoms with Gasteiger partial charge >= 0.3 is 0 Å². The molecule has 0 aromatic carbocycles. The van der Waals surface area contributed by atoms with Gasteiger partial charge in [0.2, 0.25) is 5.91 Å². The van der Waals surface area contributed by atoms with Crippen LogP contribution in [0.3, 0.4) is 0 Å². The van der Waals surface area contributed by atoms with Crippen LogP contribution in [0, 0.1) is 5.92 Å². The highest BCUT2D eigenvalue weighted by Gasteiger charge is 2.20. The molecule has 1 fully saturated rings. The lowest BCUT2D eigenvalue weighted by atomic mass is 9.89. The van der Waals surface area contributed by atoms with E-state index in [4.69, 9.17) is 10.5 Å². The topological polar surface area (TPSA) is 64.3 Å². The van der Waals surface area contributed by atoms with E-state index in [1.165, 1.54) is 12.8 Å². The Hall–Kier alpha value is -0.610. The molecule has 1 aliphatic rings. The number of ether oxygens (including phenoxy) is 1. The van der Waals surface area contributed by atoms with Gasteiger partial charge in [-0.3, -0.25) is 4.79 Å². The molecule has 0 heterocycles. The van der Waals surface area contributed by atoms with Gasteiger partial charge in [-0.25, -0.2) is 0 Å². The molecule has 1 unspecified atom stereocenters. The first-order valence-electron chi connectivity index (χ1n) is 7.16. The van der Waals surface area contributed by atoms with Crippen molar-refractivity contribution in [1.29, 1.82) is 0 Å². The van der Waals surface area contributed by atoms with Crippen LogP contribution in [-0.4, -0.2) is 30.7 Å². The van der Waals surface area contributed by atoms with Gasteiger partial charge in [-0.1, -0.05) is 20.8 Å². The van der Waals surface area contributed by atoms with Crippen LogP contribution in [0.1, 0.15) is 52.9 Å². The molecule has 0 bridgehead atoms. The molecule has 0 saturated heterocycles. The number of primary amides is 1. The van der Waals surface area contributed by atoms with Gasteiger partial charge in [0.05, 0.1) is 12.1 Å². The van der Waals surface area contributed by atoms with Crippen LogP contribution < -0.4 is 11.1 Å². The summed E-state index contributed by atoms with van der Waals surface area (Å²) in [7, 11) is 0. The van der Waals surface area contributed by atoms with Gasteiger partial charge in [-0.05, 0) is 38.0 Å². The highest BCUT2D eigenvalue weighted by atomic mass is 16.5. The predicted molar refractivity (Wildman–Crippen MR) is 73.2 cm³/mol. The van der Waals surface area contributed by atoms with Gasteiger partial charge in [0, 0.05) is 12.6 Å². The van der Waals surface area contributed by atoms with Crippen LogP contribution in [0.4, 0.5) is 0 Å².